The molecule has 0 aromatic carbocycles. The van der Waals surface area contributed by atoms with Gasteiger partial charge in [-0.15, -0.1) is 0 Å². The Morgan fingerprint density at radius 3 is 2.57 bits per heavy atom. The summed E-state index contributed by atoms with van der Waals surface area (Å²) in [7, 11) is 1.70. The molecule has 0 spiro atoms. The minimum absolute atomic E-state index is 0.0975. The van der Waals surface area contributed by atoms with E-state index in [9.17, 15) is 9.90 Å². The van der Waals surface area contributed by atoms with Crippen molar-refractivity contribution in [3.05, 3.63) is 23.4 Å². The maximum atomic E-state index is 12.4. The number of hydrogen-bond donors (Lipinski definition) is 2. The highest BCUT2D eigenvalue weighted by atomic mass is 16.3. The van der Waals surface area contributed by atoms with Gasteiger partial charge in [-0.1, -0.05) is 20.8 Å². The van der Waals surface area contributed by atoms with E-state index in [4.69, 9.17) is 0 Å². The Morgan fingerprint density at radius 2 is 2.05 bits per heavy atom. The van der Waals surface area contributed by atoms with Gasteiger partial charge in [0.25, 0.3) is 5.91 Å². The average Bonchev–Trinajstić information content (AvgIpc) is 2.43. The van der Waals surface area contributed by atoms with Crippen molar-refractivity contribution in [2.75, 3.05) is 25.5 Å². The second kappa shape index (κ2) is 7.98. The normalized spacial score (nSPS) is 12.3. The first-order valence-electron chi connectivity index (χ1n) is 7.54. The number of hydrogen-bond acceptors (Lipinski definition) is 4. The number of amides is 1. The van der Waals surface area contributed by atoms with E-state index >= 15 is 0 Å². The number of anilines is 1. The molecule has 0 saturated heterocycles. The van der Waals surface area contributed by atoms with Crippen LogP contribution < -0.4 is 5.32 Å². The summed E-state index contributed by atoms with van der Waals surface area (Å²) in [5.41, 5.74) is 1.50. The van der Waals surface area contributed by atoms with Crippen molar-refractivity contribution >= 4 is 11.7 Å². The molecule has 0 radical (unpaired) electrons. The van der Waals surface area contributed by atoms with Crippen molar-refractivity contribution in [3.63, 3.8) is 0 Å². The SMILES string of the molecule is CCCNc1cc(C(=O)N(C)CC(C)O)cc(C(C)C)n1. The van der Waals surface area contributed by atoms with Crippen LogP contribution in [0.2, 0.25) is 0 Å². The lowest BCUT2D eigenvalue weighted by Gasteiger charge is -2.20. The van der Waals surface area contributed by atoms with Crippen LogP contribution in [0.1, 0.15) is 56.1 Å². The molecule has 1 atom stereocenters. The van der Waals surface area contributed by atoms with E-state index in [0.717, 1.165) is 24.5 Å². The molecule has 0 saturated carbocycles. The molecule has 0 aliphatic heterocycles. The molecular weight excluding hydrogens is 266 g/mol. The van der Waals surface area contributed by atoms with E-state index in [0.29, 0.717) is 12.1 Å². The molecule has 1 unspecified atom stereocenters. The molecular formula is C16H27N3O2. The zero-order valence-corrected chi connectivity index (χ0v) is 13.7. The molecule has 5 heteroatoms. The minimum Gasteiger partial charge on any atom is -0.392 e. The Balaban J connectivity index is 3.03. The maximum absolute atomic E-state index is 12.4. The molecule has 0 bridgehead atoms. The van der Waals surface area contributed by atoms with E-state index in [2.05, 4.69) is 31.1 Å². The molecule has 21 heavy (non-hydrogen) atoms. The number of aliphatic hydroxyl groups is 1. The molecule has 1 rings (SSSR count). The number of carbonyl (C=O) groups excluding carboxylic acids is 1. The first-order valence-corrected chi connectivity index (χ1v) is 7.54. The lowest BCUT2D eigenvalue weighted by molar-refractivity contribution is 0.0703. The summed E-state index contributed by atoms with van der Waals surface area (Å²) in [6.07, 6.45) is 0.460. The fourth-order valence-corrected chi connectivity index (χ4v) is 2.01. The van der Waals surface area contributed by atoms with Crippen LogP contribution in [0.25, 0.3) is 0 Å². The van der Waals surface area contributed by atoms with Crippen molar-refractivity contribution in [3.8, 4) is 0 Å². The Labute approximate surface area is 127 Å². The zero-order chi connectivity index (χ0) is 16.0. The Morgan fingerprint density at radius 1 is 1.38 bits per heavy atom. The van der Waals surface area contributed by atoms with Gasteiger partial charge in [0.05, 0.1) is 6.10 Å². The van der Waals surface area contributed by atoms with Crippen molar-refractivity contribution in [2.24, 2.45) is 0 Å². The number of pyridine rings is 1. The molecule has 1 amide bonds. The van der Waals surface area contributed by atoms with Crippen molar-refractivity contribution in [2.45, 2.75) is 46.1 Å². The number of aromatic nitrogens is 1. The third-order valence-corrected chi connectivity index (χ3v) is 3.12. The molecule has 118 valence electrons. The first-order chi connectivity index (χ1) is 9.85. The van der Waals surface area contributed by atoms with Crippen molar-refractivity contribution in [1.29, 1.82) is 0 Å². The van der Waals surface area contributed by atoms with E-state index < -0.39 is 6.10 Å². The van der Waals surface area contributed by atoms with Gasteiger partial charge in [0, 0.05) is 31.4 Å². The van der Waals surface area contributed by atoms with Crippen LogP contribution in [0.4, 0.5) is 5.82 Å². The van der Waals surface area contributed by atoms with E-state index in [1.807, 2.05) is 6.07 Å². The monoisotopic (exact) mass is 293 g/mol. The smallest absolute Gasteiger partial charge is 0.253 e. The Bertz CT molecular complexity index is 473. The number of nitrogens with one attached hydrogen (secondary N) is 1. The number of rotatable bonds is 7. The van der Waals surface area contributed by atoms with E-state index in [1.54, 1.807) is 20.0 Å². The van der Waals surface area contributed by atoms with Gasteiger partial charge in [0.1, 0.15) is 5.82 Å². The van der Waals surface area contributed by atoms with Gasteiger partial charge in [-0.05, 0) is 31.4 Å². The van der Waals surface area contributed by atoms with Gasteiger partial charge in [-0.25, -0.2) is 4.98 Å². The van der Waals surface area contributed by atoms with E-state index in [1.165, 1.54) is 4.90 Å². The molecule has 0 fully saturated rings. The van der Waals surface area contributed by atoms with Gasteiger partial charge in [0.15, 0.2) is 0 Å². The number of likely N-dealkylation sites (N-methyl/N-ethyl adjacent to an activating group) is 1. The van der Waals surface area contributed by atoms with Crippen molar-refractivity contribution in [1.82, 2.24) is 9.88 Å². The highest BCUT2D eigenvalue weighted by Gasteiger charge is 2.16. The summed E-state index contributed by atoms with van der Waals surface area (Å²) in [6.45, 7) is 9.01. The van der Waals surface area contributed by atoms with Gasteiger partial charge in [-0.3, -0.25) is 4.79 Å². The van der Waals surface area contributed by atoms with E-state index in [-0.39, 0.29) is 11.8 Å². The van der Waals surface area contributed by atoms with Crippen LogP contribution in [0.15, 0.2) is 12.1 Å². The zero-order valence-electron chi connectivity index (χ0n) is 13.7. The first kappa shape index (κ1) is 17.4. The fourth-order valence-electron chi connectivity index (χ4n) is 2.01. The quantitative estimate of drug-likeness (QED) is 0.810. The summed E-state index contributed by atoms with van der Waals surface area (Å²) < 4.78 is 0. The molecule has 1 aromatic rings. The highest BCUT2D eigenvalue weighted by molar-refractivity contribution is 5.95. The minimum atomic E-state index is -0.539. The molecule has 0 aliphatic carbocycles. The summed E-state index contributed by atoms with van der Waals surface area (Å²) in [4.78, 5) is 18.5. The Kier molecular flexibility index (Phi) is 6.62. The van der Waals surface area contributed by atoms with Crippen LogP contribution in [0.5, 0.6) is 0 Å². The van der Waals surface area contributed by atoms with Crippen molar-refractivity contribution < 1.29 is 9.90 Å². The lowest BCUT2D eigenvalue weighted by Crippen LogP contribution is -2.33. The molecule has 1 aromatic heterocycles. The third-order valence-electron chi connectivity index (χ3n) is 3.12. The van der Waals surface area contributed by atoms with Crippen LogP contribution in [0, 0.1) is 0 Å². The van der Waals surface area contributed by atoms with Gasteiger partial charge in [0.2, 0.25) is 0 Å². The van der Waals surface area contributed by atoms with Crippen LogP contribution in [-0.2, 0) is 0 Å². The molecule has 1 heterocycles. The predicted molar refractivity (Wildman–Crippen MR) is 85.7 cm³/mol. The highest BCUT2D eigenvalue weighted by Crippen LogP contribution is 2.19. The molecule has 2 N–H and O–H groups in total. The molecule has 5 nitrogen and oxygen atoms in total. The standard InChI is InChI=1S/C16H27N3O2/c1-6-7-17-15-9-13(8-14(18-15)11(2)3)16(21)19(5)10-12(4)20/h8-9,11-12,20H,6-7,10H2,1-5H3,(H,17,18). The molecule has 0 aliphatic rings. The fraction of sp³-hybridized carbons (Fsp3) is 0.625. The number of aliphatic hydroxyl groups excluding tert-OH is 1. The predicted octanol–water partition coefficient (Wildman–Crippen LogP) is 2.48. The lowest BCUT2D eigenvalue weighted by atomic mass is 10.1. The topological polar surface area (TPSA) is 65.5 Å². The third kappa shape index (κ3) is 5.34. The maximum Gasteiger partial charge on any atom is 0.253 e. The largest absolute Gasteiger partial charge is 0.392 e. The number of carbonyl (C=O) groups is 1. The summed E-state index contributed by atoms with van der Waals surface area (Å²) >= 11 is 0. The van der Waals surface area contributed by atoms with Crippen LogP contribution >= 0.6 is 0 Å². The number of nitrogens with zero attached hydrogens (tertiary/aromatic N) is 2. The average molecular weight is 293 g/mol. The summed E-state index contributed by atoms with van der Waals surface area (Å²) in [5.74, 6) is 0.888. The van der Waals surface area contributed by atoms with Gasteiger partial charge >= 0.3 is 0 Å². The Hall–Kier alpha value is -1.62. The summed E-state index contributed by atoms with van der Waals surface area (Å²) in [6, 6.07) is 3.62. The second-order valence-electron chi connectivity index (χ2n) is 5.78. The van der Waals surface area contributed by atoms with Gasteiger partial charge in [-0.2, -0.15) is 0 Å². The second-order valence-corrected chi connectivity index (χ2v) is 5.78. The van der Waals surface area contributed by atoms with Crippen LogP contribution in [0.3, 0.4) is 0 Å². The van der Waals surface area contributed by atoms with Gasteiger partial charge < -0.3 is 15.3 Å². The summed E-state index contributed by atoms with van der Waals surface area (Å²) in [5, 5.41) is 12.6. The van der Waals surface area contributed by atoms with Crippen LogP contribution in [-0.4, -0.2) is 47.1 Å².